The molecule has 1 aliphatic carbocycles. The van der Waals surface area contributed by atoms with Crippen molar-refractivity contribution in [2.24, 2.45) is 29.4 Å². The lowest BCUT2D eigenvalue weighted by atomic mass is 9.69. The molecule has 1 fully saturated rings. The standard InChI is InChI=1S/C13H27NO/c1-10-4-5-12(9-14)13(8-10)11(2)6-7-15-3/h10-13H,4-9,14H2,1-3H3. The summed E-state index contributed by atoms with van der Waals surface area (Å²) in [5.41, 5.74) is 5.87. The van der Waals surface area contributed by atoms with Crippen LogP contribution < -0.4 is 5.73 Å². The zero-order valence-corrected chi connectivity index (χ0v) is 10.5. The molecule has 0 saturated heterocycles. The van der Waals surface area contributed by atoms with E-state index < -0.39 is 0 Å². The maximum Gasteiger partial charge on any atom is 0.0464 e. The summed E-state index contributed by atoms with van der Waals surface area (Å²) in [6.07, 6.45) is 5.26. The van der Waals surface area contributed by atoms with Gasteiger partial charge in [-0.05, 0) is 49.5 Å². The third-order valence-corrected chi connectivity index (χ3v) is 4.12. The van der Waals surface area contributed by atoms with Gasteiger partial charge in [-0.3, -0.25) is 0 Å². The second-order valence-corrected chi connectivity index (χ2v) is 5.34. The van der Waals surface area contributed by atoms with Gasteiger partial charge in [-0.1, -0.05) is 20.3 Å². The molecule has 4 atom stereocenters. The van der Waals surface area contributed by atoms with Gasteiger partial charge in [0.15, 0.2) is 0 Å². The Bertz CT molecular complexity index is 172. The van der Waals surface area contributed by atoms with E-state index in [1.54, 1.807) is 7.11 Å². The minimum Gasteiger partial charge on any atom is -0.385 e. The third-order valence-electron chi connectivity index (χ3n) is 4.12. The van der Waals surface area contributed by atoms with Gasteiger partial charge in [-0.25, -0.2) is 0 Å². The predicted octanol–water partition coefficient (Wildman–Crippen LogP) is 2.67. The van der Waals surface area contributed by atoms with Crippen LogP contribution in [0.5, 0.6) is 0 Å². The lowest BCUT2D eigenvalue weighted by Gasteiger charge is -2.38. The van der Waals surface area contributed by atoms with Gasteiger partial charge >= 0.3 is 0 Å². The fourth-order valence-electron chi connectivity index (χ4n) is 2.99. The van der Waals surface area contributed by atoms with Gasteiger partial charge < -0.3 is 10.5 Å². The van der Waals surface area contributed by atoms with Crippen molar-refractivity contribution in [3.05, 3.63) is 0 Å². The average molecular weight is 213 g/mol. The van der Waals surface area contributed by atoms with E-state index in [2.05, 4.69) is 13.8 Å². The first-order valence-corrected chi connectivity index (χ1v) is 6.38. The Morgan fingerprint density at radius 3 is 2.73 bits per heavy atom. The molecule has 0 radical (unpaired) electrons. The zero-order chi connectivity index (χ0) is 11.3. The number of ether oxygens (including phenoxy) is 1. The van der Waals surface area contributed by atoms with E-state index >= 15 is 0 Å². The van der Waals surface area contributed by atoms with Crippen LogP contribution in [0.3, 0.4) is 0 Å². The SMILES string of the molecule is COCCC(C)C1CC(C)CCC1CN. The fraction of sp³-hybridized carbons (Fsp3) is 1.00. The van der Waals surface area contributed by atoms with Crippen LogP contribution in [0.25, 0.3) is 0 Å². The smallest absolute Gasteiger partial charge is 0.0464 e. The highest BCUT2D eigenvalue weighted by Crippen LogP contribution is 2.38. The molecule has 0 spiro atoms. The molecular weight excluding hydrogens is 186 g/mol. The van der Waals surface area contributed by atoms with Crippen molar-refractivity contribution >= 4 is 0 Å². The molecule has 1 aliphatic rings. The van der Waals surface area contributed by atoms with E-state index in [0.29, 0.717) is 0 Å². The molecule has 0 bridgehead atoms. The highest BCUT2D eigenvalue weighted by atomic mass is 16.5. The van der Waals surface area contributed by atoms with Gasteiger partial charge in [0.2, 0.25) is 0 Å². The van der Waals surface area contributed by atoms with Crippen molar-refractivity contribution in [1.82, 2.24) is 0 Å². The Balaban J connectivity index is 2.46. The maximum atomic E-state index is 5.87. The first-order chi connectivity index (χ1) is 7.19. The molecule has 2 heteroatoms. The van der Waals surface area contributed by atoms with E-state index in [-0.39, 0.29) is 0 Å². The minimum atomic E-state index is 0.757. The van der Waals surface area contributed by atoms with Gasteiger partial charge in [0.1, 0.15) is 0 Å². The Kier molecular flexibility index (Phi) is 5.62. The van der Waals surface area contributed by atoms with Crippen LogP contribution in [0.4, 0.5) is 0 Å². The summed E-state index contributed by atoms with van der Waals surface area (Å²) in [5.74, 6) is 3.24. The predicted molar refractivity (Wildman–Crippen MR) is 64.7 cm³/mol. The van der Waals surface area contributed by atoms with Crippen molar-refractivity contribution in [2.45, 2.75) is 39.5 Å². The van der Waals surface area contributed by atoms with Crippen molar-refractivity contribution < 1.29 is 4.74 Å². The third kappa shape index (κ3) is 3.76. The van der Waals surface area contributed by atoms with Crippen molar-refractivity contribution in [2.75, 3.05) is 20.3 Å². The molecule has 4 unspecified atom stereocenters. The molecule has 1 saturated carbocycles. The van der Waals surface area contributed by atoms with Crippen molar-refractivity contribution in [1.29, 1.82) is 0 Å². The fourth-order valence-corrected chi connectivity index (χ4v) is 2.99. The molecule has 0 aromatic heterocycles. The lowest BCUT2D eigenvalue weighted by Crippen LogP contribution is -2.33. The molecule has 15 heavy (non-hydrogen) atoms. The summed E-state index contributed by atoms with van der Waals surface area (Å²) in [4.78, 5) is 0. The molecule has 0 aromatic carbocycles. The lowest BCUT2D eigenvalue weighted by molar-refractivity contribution is 0.106. The highest BCUT2D eigenvalue weighted by Gasteiger charge is 2.31. The summed E-state index contributed by atoms with van der Waals surface area (Å²) in [7, 11) is 1.79. The molecular formula is C13H27NO. The quantitative estimate of drug-likeness (QED) is 0.762. The number of hydrogen-bond acceptors (Lipinski definition) is 2. The van der Waals surface area contributed by atoms with E-state index in [9.17, 15) is 0 Å². The zero-order valence-electron chi connectivity index (χ0n) is 10.5. The van der Waals surface area contributed by atoms with Crippen LogP contribution in [0.1, 0.15) is 39.5 Å². The topological polar surface area (TPSA) is 35.2 Å². The largest absolute Gasteiger partial charge is 0.385 e. The second-order valence-electron chi connectivity index (χ2n) is 5.34. The van der Waals surface area contributed by atoms with Crippen molar-refractivity contribution in [3.8, 4) is 0 Å². The van der Waals surface area contributed by atoms with Gasteiger partial charge in [-0.15, -0.1) is 0 Å². The Hall–Kier alpha value is -0.0800. The van der Waals surface area contributed by atoms with Gasteiger partial charge in [0, 0.05) is 13.7 Å². The van der Waals surface area contributed by atoms with Gasteiger partial charge in [0.05, 0.1) is 0 Å². The summed E-state index contributed by atoms with van der Waals surface area (Å²) in [5, 5.41) is 0. The first-order valence-electron chi connectivity index (χ1n) is 6.38. The van der Waals surface area contributed by atoms with Crippen LogP contribution in [-0.4, -0.2) is 20.3 Å². The number of nitrogens with two attached hydrogens (primary N) is 1. The molecule has 0 aliphatic heterocycles. The Morgan fingerprint density at radius 2 is 2.13 bits per heavy atom. The monoisotopic (exact) mass is 213 g/mol. The molecule has 1 rings (SSSR count). The van der Waals surface area contributed by atoms with Crippen LogP contribution in [0.2, 0.25) is 0 Å². The van der Waals surface area contributed by atoms with Crippen LogP contribution in [0, 0.1) is 23.7 Å². The number of methoxy groups -OCH3 is 1. The van der Waals surface area contributed by atoms with Crippen LogP contribution >= 0.6 is 0 Å². The normalized spacial score (nSPS) is 34.0. The summed E-state index contributed by atoms with van der Waals surface area (Å²) in [6.45, 7) is 6.51. The molecule has 2 nitrogen and oxygen atoms in total. The Labute approximate surface area is 94.6 Å². The summed E-state index contributed by atoms with van der Waals surface area (Å²) in [6, 6.07) is 0. The molecule has 2 N–H and O–H groups in total. The minimum absolute atomic E-state index is 0.757. The summed E-state index contributed by atoms with van der Waals surface area (Å²) >= 11 is 0. The number of hydrogen-bond donors (Lipinski definition) is 1. The molecule has 0 aromatic rings. The molecule has 0 amide bonds. The van der Waals surface area contributed by atoms with Gasteiger partial charge in [0.25, 0.3) is 0 Å². The highest BCUT2D eigenvalue weighted by molar-refractivity contribution is 4.82. The average Bonchev–Trinajstić information content (AvgIpc) is 2.25. The van der Waals surface area contributed by atoms with Crippen molar-refractivity contribution in [3.63, 3.8) is 0 Å². The Morgan fingerprint density at radius 1 is 1.40 bits per heavy atom. The maximum absolute atomic E-state index is 5.87. The van der Waals surface area contributed by atoms with Crippen LogP contribution in [0.15, 0.2) is 0 Å². The van der Waals surface area contributed by atoms with Crippen LogP contribution in [-0.2, 0) is 4.74 Å². The number of rotatable bonds is 5. The van der Waals surface area contributed by atoms with E-state index in [1.807, 2.05) is 0 Å². The second kappa shape index (κ2) is 6.49. The van der Waals surface area contributed by atoms with E-state index in [1.165, 1.54) is 25.7 Å². The van der Waals surface area contributed by atoms with E-state index in [4.69, 9.17) is 10.5 Å². The molecule has 90 valence electrons. The van der Waals surface area contributed by atoms with E-state index in [0.717, 1.165) is 36.8 Å². The molecule has 0 heterocycles. The van der Waals surface area contributed by atoms with Gasteiger partial charge in [-0.2, -0.15) is 0 Å². The summed E-state index contributed by atoms with van der Waals surface area (Å²) < 4.78 is 5.17. The first kappa shape index (κ1) is 13.0.